The SMILES string of the molecule is Cc1c(C#CCO)cccc1C(=O)N(C)c1ccccc1. The third-order valence-electron chi connectivity index (χ3n) is 3.31. The molecule has 3 heteroatoms. The van der Waals surface area contributed by atoms with Gasteiger partial charge in [-0.3, -0.25) is 4.79 Å². The third kappa shape index (κ3) is 3.31. The van der Waals surface area contributed by atoms with Crippen molar-refractivity contribution in [2.45, 2.75) is 6.92 Å². The zero-order chi connectivity index (χ0) is 15.2. The summed E-state index contributed by atoms with van der Waals surface area (Å²) >= 11 is 0. The fourth-order valence-corrected chi connectivity index (χ4v) is 2.09. The largest absolute Gasteiger partial charge is 0.384 e. The van der Waals surface area contributed by atoms with Gasteiger partial charge >= 0.3 is 0 Å². The minimum Gasteiger partial charge on any atom is -0.384 e. The second-order valence-corrected chi connectivity index (χ2v) is 4.64. The van der Waals surface area contributed by atoms with Gasteiger partial charge in [0.2, 0.25) is 0 Å². The minimum atomic E-state index is -0.193. The molecule has 0 unspecified atom stereocenters. The summed E-state index contributed by atoms with van der Waals surface area (Å²) in [6, 6.07) is 14.9. The van der Waals surface area contributed by atoms with Crippen molar-refractivity contribution in [3.05, 3.63) is 65.2 Å². The van der Waals surface area contributed by atoms with Crippen molar-refractivity contribution in [1.82, 2.24) is 0 Å². The summed E-state index contributed by atoms with van der Waals surface area (Å²) in [5.74, 6) is 5.40. The number of hydrogen-bond acceptors (Lipinski definition) is 2. The molecule has 0 spiro atoms. The fourth-order valence-electron chi connectivity index (χ4n) is 2.09. The molecule has 0 atom stereocenters. The number of aliphatic hydroxyl groups excluding tert-OH is 1. The van der Waals surface area contributed by atoms with Gasteiger partial charge in [-0.2, -0.15) is 0 Å². The van der Waals surface area contributed by atoms with E-state index in [0.29, 0.717) is 5.56 Å². The predicted molar refractivity (Wildman–Crippen MR) is 84.3 cm³/mol. The van der Waals surface area contributed by atoms with Gasteiger partial charge in [0.1, 0.15) is 6.61 Å². The molecule has 0 heterocycles. The molecule has 2 aromatic rings. The maximum absolute atomic E-state index is 12.6. The molecule has 0 aliphatic rings. The van der Waals surface area contributed by atoms with Gasteiger partial charge in [0.25, 0.3) is 5.91 Å². The molecule has 3 nitrogen and oxygen atoms in total. The number of hydrogen-bond donors (Lipinski definition) is 1. The molecule has 1 N–H and O–H groups in total. The van der Waals surface area contributed by atoms with Crippen LogP contribution in [0.25, 0.3) is 0 Å². The topological polar surface area (TPSA) is 40.5 Å². The molecule has 0 saturated heterocycles. The molecule has 0 aliphatic carbocycles. The van der Waals surface area contributed by atoms with Gasteiger partial charge in [0, 0.05) is 23.9 Å². The number of anilines is 1. The van der Waals surface area contributed by atoms with E-state index < -0.39 is 0 Å². The maximum Gasteiger partial charge on any atom is 0.258 e. The van der Waals surface area contributed by atoms with Crippen molar-refractivity contribution in [1.29, 1.82) is 0 Å². The van der Waals surface area contributed by atoms with Gasteiger partial charge in [-0.05, 0) is 36.8 Å². The number of aliphatic hydroxyl groups is 1. The third-order valence-corrected chi connectivity index (χ3v) is 3.31. The maximum atomic E-state index is 12.6. The van der Waals surface area contributed by atoms with Crippen molar-refractivity contribution < 1.29 is 9.90 Å². The first-order chi connectivity index (χ1) is 10.1. The number of nitrogens with zero attached hydrogens (tertiary/aromatic N) is 1. The molecule has 0 bridgehead atoms. The van der Waals surface area contributed by atoms with Gasteiger partial charge in [0.05, 0.1) is 0 Å². The van der Waals surface area contributed by atoms with E-state index in [-0.39, 0.29) is 12.5 Å². The van der Waals surface area contributed by atoms with Crippen LogP contribution in [-0.2, 0) is 0 Å². The van der Waals surface area contributed by atoms with Crippen molar-refractivity contribution in [2.75, 3.05) is 18.6 Å². The number of carbonyl (C=O) groups is 1. The molecular formula is C18H17NO2. The van der Waals surface area contributed by atoms with Crippen LogP contribution in [0, 0.1) is 18.8 Å². The van der Waals surface area contributed by atoms with Crippen LogP contribution in [0.3, 0.4) is 0 Å². The fraction of sp³-hybridized carbons (Fsp3) is 0.167. The Bertz CT molecular complexity index is 696. The van der Waals surface area contributed by atoms with Gasteiger partial charge in [-0.25, -0.2) is 0 Å². The lowest BCUT2D eigenvalue weighted by molar-refractivity contribution is 0.0992. The highest BCUT2D eigenvalue weighted by molar-refractivity contribution is 6.07. The Labute approximate surface area is 124 Å². The number of carbonyl (C=O) groups excluding carboxylic acids is 1. The molecule has 1 amide bonds. The highest BCUT2D eigenvalue weighted by atomic mass is 16.2. The Morgan fingerprint density at radius 3 is 2.52 bits per heavy atom. The van der Waals surface area contributed by atoms with E-state index in [0.717, 1.165) is 16.8 Å². The monoisotopic (exact) mass is 279 g/mol. The Morgan fingerprint density at radius 1 is 1.14 bits per heavy atom. The summed E-state index contributed by atoms with van der Waals surface area (Å²) in [6.07, 6.45) is 0. The molecule has 2 aromatic carbocycles. The van der Waals surface area contributed by atoms with Gasteiger partial charge in [-0.1, -0.05) is 36.1 Å². The Hall–Kier alpha value is -2.57. The summed E-state index contributed by atoms with van der Waals surface area (Å²) in [6.45, 7) is 1.68. The first kappa shape index (κ1) is 14.8. The van der Waals surface area contributed by atoms with E-state index in [2.05, 4.69) is 11.8 Å². The van der Waals surface area contributed by atoms with Crippen LogP contribution in [0.2, 0.25) is 0 Å². The molecule has 106 valence electrons. The molecule has 2 rings (SSSR count). The van der Waals surface area contributed by atoms with E-state index in [1.165, 1.54) is 0 Å². The average molecular weight is 279 g/mol. The molecule has 0 saturated carbocycles. The molecular weight excluding hydrogens is 262 g/mol. The molecule has 0 radical (unpaired) electrons. The van der Waals surface area contributed by atoms with Crippen LogP contribution in [0.5, 0.6) is 0 Å². The second kappa shape index (κ2) is 6.74. The van der Waals surface area contributed by atoms with E-state index in [1.54, 1.807) is 24.1 Å². The van der Waals surface area contributed by atoms with Crippen LogP contribution in [0.4, 0.5) is 5.69 Å². The zero-order valence-electron chi connectivity index (χ0n) is 12.1. The van der Waals surface area contributed by atoms with Crippen LogP contribution in [-0.4, -0.2) is 24.7 Å². The summed E-state index contributed by atoms with van der Waals surface area (Å²) in [7, 11) is 1.75. The van der Waals surface area contributed by atoms with Gasteiger partial charge in [0.15, 0.2) is 0 Å². The Balaban J connectivity index is 2.36. The molecule has 0 fully saturated rings. The molecule has 0 aliphatic heterocycles. The second-order valence-electron chi connectivity index (χ2n) is 4.64. The van der Waals surface area contributed by atoms with Crippen molar-refractivity contribution >= 4 is 11.6 Å². The van der Waals surface area contributed by atoms with E-state index >= 15 is 0 Å². The lowest BCUT2D eigenvalue weighted by atomic mass is 10.0. The minimum absolute atomic E-state index is 0.0775. The highest BCUT2D eigenvalue weighted by Gasteiger charge is 2.16. The average Bonchev–Trinajstić information content (AvgIpc) is 2.53. The van der Waals surface area contributed by atoms with E-state index in [1.807, 2.05) is 43.3 Å². The first-order valence-electron chi connectivity index (χ1n) is 6.67. The van der Waals surface area contributed by atoms with Crippen molar-refractivity contribution in [3.8, 4) is 11.8 Å². The zero-order valence-corrected chi connectivity index (χ0v) is 12.1. The number of amides is 1. The first-order valence-corrected chi connectivity index (χ1v) is 6.67. The predicted octanol–water partition coefficient (Wildman–Crippen LogP) is 2.62. The number of benzene rings is 2. The van der Waals surface area contributed by atoms with Crippen molar-refractivity contribution in [2.24, 2.45) is 0 Å². The van der Waals surface area contributed by atoms with Gasteiger partial charge < -0.3 is 10.0 Å². The van der Waals surface area contributed by atoms with Crippen LogP contribution >= 0.6 is 0 Å². The van der Waals surface area contributed by atoms with Crippen LogP contribution in [0.1, 0.15) is 21.5 Å². The lowest BCUT2D eigenvalue weighted by Gasteiger charge is -2.18. The summed E-state index contributed by atoms with van der Waals surface area (Å²) < 4.78 is 0. The van der Waals surface area contributed by atoms with Crippen molar-refractivity contribution in [3.63, 3.8) is 0 Å². The normalized spacial score (nSPS) is 9.67. The smallest absolute Gasteiger partial charge is 0.258 e. The van der Waals surface area contributed by atoms with E-state index in [9.17, 15) is 4.79 Å². The molecule has 21 heavy (non-hydrogen) atoms. The van der Waals surface area contributed by atoms with Gasteiger partial charge in [-0.15, -0.1) is 0 Å². The number of para-hydroxylation sites is 1. The summed E-state index contributed by atoms with van der Waals surface area (Å²) in [4.78, 5) is 14.2. The summed E-state index contributed by atoms with van der Waals surface area (Å²) in [5, 5.41) is 8.79. The van der Waals surface area contributed by atoms with E-state index in [4.69, 9.17) is 5.11 Å². The highest BCUT2D eigenvalue weighted by Crippen LogP contribution is 2.19. The lowest BCUT2D eigenvalue weighted by Crippen LogP contribution is -2.27. The quantitative estimate of drug-likeness (QED) is 0.858. The Morgan fingerprint density at radius 2 is 1.86 bits per heavy atom. The van der Waals surface area contributed by atoms with Crippen LogP contribution < -0.4 is 4.90 Å². The molecule has 0 aromatic heterocycles. The summed E-state index contributed by atoms with van der Waals surface area (Å²) in [5.41, 5.74) is 3.04. The number of rotatable bonds is 2. The Kier molecular flexibility index (Phi) is 4.76. The standard InChI is InChI=1S/C18H17NO2/c1-14-15(9-7-13-20)8-6-12-17(14)18(21)19(2)16-10-4-3-5-11-16/h3-6,8,10-12,20H,13H2,1-2H3. The van der Waals surface area contributed by atoms with Crippen LogP contribution in [0.15, 0.2) is 48.5 Å².